The van der Waals surface area contributed by atoms with Crippen LogP contribution in [0.1, 0.15) is 18.4 Å². The van der Waals surface area contributed by atoms with Crippen LogP contribution in [-0.4, -0.2) is 64.8 Å². The Labute approximate surface area is 192 Å². The average molecular weight is 479 g/mol. The van der Waals surface area contributed by atoms with Crippen molar-refractivity contribution in [3.8, 4) is 0 Å². The number of alkyl halides is 3. The standard InChI is InChI=1S/C22H24F3N5O4/c23-22(24,25)17-6-8-29-19(31)10-18(30-11-16-9-15(30)12-34-16)27-20(29)28(17)7-5-13-1-3-14(4-2-13)26-21(32)33/h1-4,10,15-17,26H,5-9,11-12H2,(H,32,33)/t15-,16-,17?/m0/s1. The fourth-order valence-corrected chi connectivity index (χ4v) is 5.01. The Morgan fingerprint density at radius 1 is 1.26 bits per heavy atom. The summed E-state index contributed by atoms with van der Waals surface area (Å²) in [5, 5.41) is 11.0. The van der Waals surface area contributed by atoms with Gasteiger partial charge in [-0.25, -0.2) is 4.79 Å². The van der Waals surface area contributed by atoms with Crippen molar-refractivity contribution in [3.63, 3.8) is 0 Å². The van der Waals surface area contributed by atoms with E-state index >= 15 is 0 Å². The van der Waals surface area contributed by atoms with E-state index in [1.165, 1.54) is 15.5 Å². The summed E-state index contributed by atoms with van der Waals surface area (Å²) in [6.45, 7) is 1.04. The zero-order chi connectivity index (χ0) is 24.0. The van der Waals surface area contributed by atoms with Crippen LogP contribution in [-0.2, 0) is 17.7 Å². The summed E-state index contributed by atoms with van der Waals surface area (Å²) in [6.07, 6.45) is -4.76. The summed E-state index contributed by atoms with van der Waals surface area (Å²) in [5.41, 5.74) is 0.745. The molecule has 2 saturated heterocycles. The van der Waals surface area contributed by atoms with Crippen molar-refractivity contribution in [1.82, 2.24) is 9.55 Å². The molecule has 2 bridgehead atoms. The Morgan fingerprint density at radius 3 is 2.65 bits per heavy atom. The third-order valence-corrected chi connectivity index (χ3v) is 6.65. The van der Waals surface area contributed by atoms with Gasteiger partial charge in [0, 0.05) is 31.4 Å². The van der Waals surface area contributed by atoms with Crippen LogP contribution in [0.2, 0.25) is 0 Å². The van der Waals surface area contributed by atoms with Gasteiger partial charge in [0.25, 0.3) is 5.56 Å². The van der Waals surface area contributed by atoms with Gasteiger partial charge in [-0.2, -0.15) is 18.2 Å². The lowest BCUT2D eigenvalue weighted by atomic mass is 10.1. The Balaban J connectivity index is 1.43. The highest BCUT2D eigenvalue weighted by Crippen LogP contribution is 2.36. The Kier molecular flexibility index (Phi) is 5.62. The molecule has 3 atom stereocenters. The Bertz CT molecular complexity index is 1140. The van der Waals surface area contributed by atoms with Gasteiger partial charge in [0.15, 0.2) is 0 Å². The van der Waals surface area contributed by atoms with Crippen molar-refractivity contribution >= 4 is 23.5 Å². The fourth-order valence-electron chi connectivity index (χ4n) is 5.01. The number of benzene rings is 1. The largest absolute Gasteiger partial charge is 0.465 e. The van der Waals surface area contributed by atoms with Crippen LogP contribution in [0, 0.1) is 0 Å². The van der Waals surface area contributed by atoms with E-state index in [4.69, 9.17) is 9.84 Å². The molecular formula is C22H24F3N5O4. The van der Waals surface area contributed by atoms with Crippen LogP contribution >= 0.6 is 0 Å². The van der Waals surface area contributed by atoms with Gasteiger partial charge >= 0.3 is 12.3 Å². The molecule has 5 rings (SSSR count). The van der Waals surface area contributed by atoms with Crippen molar-refractivity contribution < 1.29 is 27.8 Å². The molecule has 0 spiro atoms. The lowest BCUT2D eigenvalue weighted by molar-refractivity contribution is -0.152. The number of morpholine rings is 1. The maximum absolute atomic E-state index is 14.0. The summed E-state index contributed by atoms with van der Waals surface area (Å²) < 4.78 is 48.8. The molecule has 0 aliphatic carbocycles. The minimum atomic E-state index is -4.48. The van der Waals surface area contributed by atoms with Gasteiger partial charge in [-0.3, -0.25) is 14.7 Å². The topological polar surface area (TPSA) is 99.9 Å². The normalized spacial score (nSPS) is 23.8. The molecule has 0 saturated carbocycles. The number of hydrogen-bond acceptors (Lipinski definition) is 6. The summed E-state index contributed by atoms with van der Waals surface area (Å²) in [7, 11) is 0. The fraction of sp³-hybridized carbons (Fsp3) is 0.500. The second-order valence-electron chi connectivity index (χ2n) is 8.82. The van der Waals surface area contributed by atoms with Crippen LogP contribution in [0.3, 0.4) is 0 Å². The van der Waals surface area contributed by atoms with E-state index < -0.39 is 18.3 Å². The first-order valence-electron chi connectivity index (χ1n) is 11.1. The molecule has 12 heteroatoms. The third kappa shape index (κ3) is 4.29. The number of carboxylic acid groups (broad SMARTS) is 1. The smallest absolute Gasteiger partial charge is 0.409 e. The van der Waals surface area contributed by atoms with Gasteiger partial charge in [-0.15, -0.1) is 0 Å². The maximum atomic E-state index is 14.0. The van der Waals surface area contributed by atoms with E-state index in [0.717, 1.165) is 12.0 Å². The number of ether oxygens (including phenoxy) is 1. The highest BCUT2D eigenvalue weighted by molar-refractivity contribution is 5.82. The van der Waals surface area contributed by atoms with Gasteiger partial charge in [0.05, 0.1) is 18.8 Å². The van der Waals surface area contributed by atoms with E-state index in [1.807, 2.05) is 4.90 Å². The van der Waals surface area contributed by atoms with Gasteiger partial charge in [0.2, 0.25) is 5.95 Å². The van der Waals surface area contributed by atoms with Crippen molar-refractivity contribution in [3.05, 3.63) is 46.2 Å². The van der Waals surface area contributed by atoms with E-state index in [2.05, 4.69) is 10.3 Å². The first kappa shape index (κ1) is 22.5. The number of fused-ring (bicyclic) bond motifs is 3. The summed E-state index contributed by atoms with van der Waals surface area (Å²) in [5.74, 6) is 0.424. The van der Waals surface area contributed by atoms with Gasteiger partial charge in [0.1, 0.15) is 11.9 Å². The number of hydrogen-bond donors (Lipinski definition) is 2. The van der Waals surface area contributed by atoms with Crippen molar-refractivity contribution in [2.45, 2.75) is 50.2 Å². The van der Waals surface area contributed by atoms with Gasteiger partial charge in [-0.05, 0) is 37.0 Å². The number of aromatic nitrogens is 2. The highest BCUT2D eigenvalue weighted by atomic mass is 19.4. The SMILES string of the molecule is O=C(O)Nc1ccc(CCN2c3nc(N4C[C@@H]5C[C@H]4CO5)cc(=O)n3CCC2C(F)(F)F)cc1. The lowest BCUT2D eigenvalue weighted by Crippen LogP contribution is -2.53. The van der Waals surface area contributed by atoms with Crippen LogP contribution in [0.15, 0.2) is 35.1 Å². The number of nitrogens with one attached hydrogen (secondary N) is 1. The summed E-state index contributed by atoms with van der Waals surface area (Å²) in [4.78, 5) is 31.3. The number of anilines is 3. The molecule has 3 aliphatic rings. The van der Waals surface area contributed by atoms with Crippen molar-refractivity contribution in [1.29, 1.82) is 0 Å². The lowest BCUT2D eigenvalue weighted by Gasteiger charge is -2.39. The Morgan fingerprint density at radius 2 is 2.03 bits per heavy atom. The van der Waals surface area contributed by atoms with E-state index in [1.54, 1.807) is 24.3 Å². The molecule has 2 N–H and O–H groups in total. The second kappa shape index (κ2) is 8.49. The second-order valence-corrected chi connectivity index (χ2v) is 8.82. The minimum absolute atomic E-state index is 0.000933. The van der Waals surface area contributed by atoms with Crippen molar-refractivity contribution in [2.24, 2.45) is 0 Å². The van der Waals surface area contributed by atoms with E-state index in [-0.39, 0.29) is 49.6 Å². The molecule has 34 heavy (non-hydrogen) atoms. The van der Waals surface area contributed by atoms with E-state index in [9.17, 15) is 22.8 Å². The third-order valence-electron chi connectivity index (χ3n) is 6.65. The van der Waals surface area contributed by atoms with Gasteiger partial charge < -0.3 is 19.6 Å². The minimum Gasteiger partial charge on any atom is -0.465 e. The highest BCUT2D eigenvalue weighted by Gasteiger charge is 2.47. The molecule has 1 aromatic carbocycles. The monoisotopic (exact) mass is 479 g/mol. The molecule has 0 radical (unpaired) electrons. The molecule has 4 heterocycles. The number of amides is 1. The molecule has 3 aliphatic heterocycles. The predicted molar refractivity (Wildman–Crippen MR) is 118 cm³/mol. The first-order chi connectivity index (χ1) is 16.2. The van der Waals surface area contributed by atoms with Crippen LogP contribution in [0.5, 0.6) is 0 Å². The van der Waals surface area contributed by atoms with E-state index in [0.29, 0.717) is 24.7 Å². The molecule has 182 valence electrons. The van der Waals surface area contributed by atoms with Crippen LogP contribution in [0.25, 0.3) is 0 Å². The zero-order valence-electron chi connectivity index (χ0n) is 18.2. The molecule has 2 fully saturated rings. The molecular weight excluding hydrogens is 455 g/mol. The number of carbonyl (C=O) groups is 1. The average Bonchev–Trinajstić information content (AvgIpc) is 3.41. The first-order valence-corrected chi connectivity index (χ1v) is 11.1. The van der Waals surface area contributed by atoms with Crippen LogP contribution < -0.4 is 20.7 Å². The maximum Gasteiger partial charge on any atom is 0.409 e. The summed E-state index contributed by atoms with van der Waals surface area (Å²) >= 11 is 0. The molecule has 2 aromatic rings. The number of rotatable bonds is 5. The summed E-state index contributed by atoms with van der Waals surface area (Å²) in [6, 6.07) is 6.17. The van der Waals surface area contributed by atoms with Crippen molar-refractivity contribution in [2.75, 3.05) is 34.8 Å². The zero-order valence-corrected chi connectivity index (χ0v) is 18.2. The molecule has 1 aromatic heterocycles. The predicted octanol–water partition coefficient (Wildman–Crippen LogP) is 2.69. The quantitative estimate of drug-likeness (QED) is 0.680. The number of halogens is 3. The molecule has 9 nitrogen and oxygen atoms in total. The van der Waals surface area contributed by atoms with Gasteiger partial charge in [-0.1, -0.05) is 12.1 Å². The number of nitrogens with zero attached hydrogens (tertiary/aromatic N) is 4. The molecule has 1 unspecified atom stereocenters. The van der Waals surface area contributed by atoms with Crippen LogP contribution in [0.4, 0.5) is 35.4 Å². The molecule has 1 amide bonds. The Hall–Kier alpha value is -3.28.